The van der Waals surface area contributed by atoms with Crippen LogP contribution in [0.2, 0.25) is 0 Å². The van der Waals surface area contributed by atoms with Gasteiger partial charge < -0.3 is 9.64 Å². The van der Waals surface area contributed by atoms with Gasteiger partial charge in [-0.1, -0.05) is 0 Å². The fourth-order valence-electron chi connectivity index (χ4n) is 4.16. The topological polar surface area (TPSA) is 32.8 Å². The molecule has 0 unspecified atom stereocenters. The number of carbonyl (C=O) groups is 1. The number of benzene rings is 1. The minimum atomic E-state index is -0.234. The second-order valence-electron chi connectivity index (χ2n) is 6.56. The first-order chi connectivity index (χ1) is 11.1. The molecule has 1 amide bonds. The molecule has 0 spiro atoms. The minimum Gasteiger partial charge on any atom is -0.496 e. The average Bonchev–Trinajstić information content (AvgIpc) is 3.15. The molecule has 3 rings (SSSR count). The Morgan fingerprint density at radius 3 is 2.74 bits per heavy atom. The number of nitrogens with zero attached hydrogens (tertiary/aromatic N) is 2. The zero-order chi connectivity index (χ0) is 16.4. The highest BCUT2D eigenvalue weighted by atomic mass is 19.1. The number of likely N-dealkylation sites (tertiary alicyclic amines) is 2. The van der Waals surface area contributed by atoms with E-state index in [0.717, 1.165) is 50.1 Å². The predicted molar refractivity (Wildman–Crippen MR) is 86.8 cm³/mol. The number of methoxy groups -OCH3 is 1. The van der Waals surface area contributed by atoms with Crippen LogP contribution in [0.15, 0.2) is 18.2 Å². The number of hydrogen-bond acceptors (Lipinski definition) is 3. The molecular formula is C18H25FN2O2. The molecule has 4 nitrogen and oxygen atoms in total. The SMILES string of the molecule is COc1ccc(F)cc1CN1CCC[C@H]1[C@@H]1CCCN1C(C)=O. The summed E-state index contributed by atoms with van der Waals surface area (Å²) in [6, 6.07) is 5.35. The summed E-state index contributed by atoms with van der Waals surface area (Å²) in [6.45, 7) is 4.20. The lowest BCUT2D eigenvalue weighted by Crippen LogP contribution is -2.47. The summed E-state index contributed by atoms with van der Waals surface area (Å²) in [5, 5.41) is 0. The van der Waals surface area contributed by atoms with Gasteiger partial charge in [0.15, 0.2) is 0 Å². The van der Waals surface area contributed by atoms with E-state index in [1.165, 1.54) is 6.07 Å². The molecule has 1 aromatic rings. The molecule has 2 heterocycles. The number of halogens is 1. The Balaban J connectivity index is 1.77. The quantitative estimate of drug-likeness (QED) is 0.855. The molecule has 0 radical (unpaired) electrons. The molecule has 0 bridgehead atoms. The van der Waals surface area contributed by atoms with Gasteiger partial charge in [0.1, 0.15) is 11.6 Å². The van der Waals surface area contributed by atoms with Crippen LogP contribution in [-0.2, 0) is 11.3 Å². The van der Waals surface area contributed by atoms with Gasteiger partial charge in [-0.2, -0.15) is 0 Å². The number of carbonyl (C=O) groups excluding carboxylic acids is 1. The maximum absolute atomic E-state index is 13.6. The fourth-order valence-corrected chi connectivity index (χ4v) is 4.16. The maximum Gasteiger partial charge on any atom is 0.219 e. The van der Waals surface area contributed by atoms with Crippen molar-refractivity contribution >= 4 is 5.91 Å². The third-order valence-electron chi connectivity index (χ3n) is 5.18. The predicted octanol–water partition coefficient (Wildman–Crippen LogP) is 2.81. The third kappa shape index (κ3) is 3.34. The van der Waals surface area contributed by atoms with Gasteiger partial charge >= 0.3 is 0 Å². The Labute approximate surface area is 137 Å². The summed E-state index contributed by atoms with van der Waals surface area (Å²) in [7, 11) is 1.62. The zero-order valence-corrected chi connectivity index (χ0v) is 13.9. The first kappa shape index (κ1) is 16.2. The number of ether oxygens (including phenoxy) is 1. The summed E-state index contributed by atoms with van der Waals surface area (Å²) in [6.07, 6.45) is 4.38. The lowest BCUT2D eigenvalue weighted by molar-refractivity contribution is -0.130. The molecule has 1 aromatic carbocycles. The van der Waals surface area contributed by atoms with Crippen LogP contribution in [0.1, 0.15) is 38.2 Å². The molecule has 2 fully saturated rings. The highest BCUT2D eigenvalue weighted by Gasteiger charge is 2.38. The maximum atomic E-state index is 13.6. The molecule has 5 heteroatoms. The average molecular weight is 320 g/mol. The van der Waals surface area contributed by atoms with Crippen molar-refractivity contribution in [2.75, 3.05) is 20.2 Å². The van der Waals surface area contributed by atoms with Crippen molar-refractivity contribution in [2.24, 2.45) is 0 Å². The van der Waals surface area contributed by atoms with E-state index in [9.17, 15) is 9.18 Å². The number of amides is 1. The van der Waals surface area contributed by atoms with Crippen molar-refractivity contribution in [1.82, 2.24) is 9.80 Å². The van der Waals surface area contributed by atoms with E-state index >= 15 is 0 Å². The lowest BCUT2D eigenvalue weighted by Gasteiger charge is -2.34. The fraction of sp³-hybridized carbons (Fsp3) is 0.611. The van der Waals surface area contributed by atoms with Crippen LogP contribution in [0.25, 0.3) is 0 Å². The highest BCUT2D eigenvalue weighted by Crippen LogP contribution is 2.32. The molecule has 0 saturated carbocycles. The van der Waals surface area contributed by atoms with Gasteiger partial charge in [-0.25, -0.2) is 4.39 Å². The summed E-state index contributed by atoms with van der Waals surface area (Å²) >= 11 is 0. The van der Waals surface area contributed by atoms with E-state index in [1.807, 2.05) is 4.90 Å². The second-order valence-corrected chi connectivity index (χ2v) is 6.56. The second kappa shape index (κ2) is 6.87. The van der Waals surface area contributed by atoms with Crippen molar-refractivity contribution in [2.45, 2.75) is 51.2 Å². The Morgan fingerprint density at radius 2 is 2.00 bits per heavy atom. The molecule has 2 atom stereocenters. The van der Waals surface area contributed by atoms with Crippen LogP contribution in [0, 0.1) is 5.82 Å². The molecule has 126 valence electrons. The van der Waals surface area contributed by atoms with Crippen LogP contribution in [0.5, 0.6) is 5.75 Å². The molecule has 0 aromatic heterocycles. The van der Waals surface area contributed by atoms with Gasteiger partial charge in [0, 0.05) is 37.7 Å². The molecule has 0 aliphatic carbocycles. The minimum absolute atomic E-state index is 0.169. The molecular weight excluding hydrogens is 295 g/mol. The normalized spacial score (nSPS) is 25.1. The zero-order valence-electron chi connectivity index (χ0n) is 13.9. The van der Waals surface area contributed by atoms with Crippen molar-refractivity contribution in [3.05, 3.63) is 29.6 Å². The van der Waals surface area contributed by atoms with Gasteiger partial charge in [-0.15, -0.1) is 0 Å². The van der Waals surface area contributed by atoms with Crippen molar-refractivity contribution in [3.63, 3.8) is 0 Å². The van der Waals surface area contributed by atoms with Crippen molar-refractivity contribution < 1.29 is 13.9 Å². The molecule has 2 aliphatic heterocycles. The molecule has 0 N–H and O–H groups in total. The highest BCUT2D eigenvalue weighted by molar-refractivity contribution is 5.74. The van der Waals surface area contributed by atoms with Crippen LogP contribution in [-0.4, -0.2) is 48.0 Å². The Kier molecular flexibility index (Phi) is 4.85. The largest absolute Gasteiger partial charge is 0.496 e. The summed E-state index contributed by atoms with van der Waals surface area (Å²) in [5.74, 6) is 0.664. The van der Waals surface area contributed by atoms with Gasteiger partial charge in [0.2, 0.25) is 5.91 Å². The van der Waals surface area contributed by atoms with Crippen LogP contribution < -0.4 is 4.74 Å². The number of rotatable bonds is 4. The van der Waals surface area contributed by atoms with E-state index in [1.54, 1.807) is 26.2 Å². The smallest absolute Gasteiger partial charge is 0.219 e. The summed E-state index contributed by atoms with van der Waals surface area (Å²) < 4.78 is 19.0. The Morgan fingerprint density at radius 1 is 1.26 bits per heavy atom. The number of hydrogen-bond donors (Lipinski definition) is 0. The van der Waals surface area contributed by atoms with Gasteiger partial charge in [0.05, 0.1) is 7.11 Å². The standard InChI is InChI=1S/C18H25FN2O2/c1-13(22)21-10-4-6-17(21)16-5-3-9-20(16)12-14-11-15(19)7-8-18(14)23-2/h7-8,11,16-17H,3-6,9-10,12H2,1-2H3/t16-,17-/m0/s1. The van der Waals surface area contributed by atoms with Crippen molar-refractivity contribution in [3.8, 4) is 5.75 Å². The summed E-state index contributed by atoms with van der Waals surface area (Å²) in [5.41, 5.74) is 0.881. The third-order valence-corrected chi connectivity index (χ3v) is 5.18. The van der Waals surface area contributed by atoms with E-state index in [0.29, 0.717) is 18.6 Å². The van der Waals surface area contributed by atoms with E-state index in [2.05, 4.69) is 4.90 Å². The van der Waals surface area contributed by atoms with Crippen LogP contribution in [0.4, 0.5) is 4.39 Å². The monoisotopic (exact) mass is 320 g/mol. The van der Waals surface area contributed by atoms with E-state index < -0.39 is 0 Å². The van der Waals surface area contributed by atoms with Crippen LogP contribution in [0.3, 0.4) is 0 Å². The van der Waals surface area contributed by atoms with E-state index in [4.69, 9.17) is 4.74 Å². The first-order valence-corrected chi connectivity index (χ1v) is 8.44. The van der Waals surface area contributed by atoms with Gasteiger partial charge in [-0.3, -0.25) is 9.69 Å². The Hall–Kier alpha value is -1.62. The van der Waals surface area contributed by atoms with E-state index in [-0.39, 0.29) is 11.7 Å². The molecule has 2 saturated heterocycles. The molecule has 2 aliphatic rings. The van der Waals surface area contributed by atoms with Gasteiger partial charge in [-0.05, 0) is 50.4 Å². The van der Waals surface area contributed by atoms with Gasteiger partial charge in [0.25, 0.3) is 0 Å². The lowest BCUT2D eigenvalue weighted by atomic mass is 10.0. The van der Waals surface area contributed by atoms with Crippen LogP contribution >= 0.6 is 0 Å². The first-order valence-electron chi connectivity index (χ1n) is 8.44. The summed E-state index contributed by atoms with van der Waals surface area (Å²) in [4.78, 5) is 16.3. The molecule has 23 heavy (non-hydrogen) atoms. The van der Waals surface area contributed by atoms with Crippen molar-refractivity contribution in [1.29, 1.82) is 0 Å². The Bertz CT molecular complexity index is 578.